The van der Waals surface area contributed by atoms with Crippen molar-refractivity contribution in [3.8, 4) is 11.1 Å². The van der Waals surface area contributed by atoms with Gasteiger partial charge >= 0.3 is 0 Å². The lowest BCUT2D eigenvalue weighted by molar-refractivity contribution is 0.111. The van der Waals surface area contributed by atoms with Crippen LogP contribution in [0.4, 0.5) is 11.4 Å². The van der Waals surface area contributed by atoms with Gasteiger partial charge in [0.25, 0.3) is 0 Å². The van der Waals surface area contributed by atoms with E-state index >= 15 is 0 Å². The Morgan fingerprint density at radius 1 is 0.590 bits per heavy atom. The Labute approximate surface area is 231 Å². The Morgan fingerprint density at radius 3 is 1.33 bits per heavy atom. The molecule has 5 rings (SSSR count). The van der Waals surface area contributed by atoms with Gasteiger partial charge in [-0.1, -0.05) is 47.5 Å². The molecule has 0 aromatic heterocycles. The first-order valence-electron chi connectivity index (χ1n) is 13.6. The fourth-order valence-corrected chi connectivity index (χ4v) is 5.98. The SMILES string of the molecule is Cc1ccc2c(c1)C(CCN(C)c1ccc(C=O)cc1)(CCN(C)c1ccc(C=O)cc1)c1cc(C)ccc1-2. The van der Waals surface area contributed by atoms with E-state index in [1.54, 1.807) is 0 Å². The predicted octanol–water partition coefficient (Wildman–Crippen LogP) is 7.25. The van der Waals surface area contributed by atoms with Crippen molar-refractivity contribution < 1.29 is 9.59 Å². The summed E-state index contributed by atoms with van der Waals surface area (Å²) in [5.41, 5.74) is 11.5. The van der Waals surface area contributed by atoms with Gasteiger partial charge in [0.2, 0.25) is 0 Å². The van der Waals surface area contributed by atoms with Gasteiger partial charge in [-0.05, 0) is 97.5 Å². The van der Waals surface area contributed by atoms with Gasteiger partial charge in [-0.15, -0.1) is 0 Å². The average molecular weight is 517 g/mol. The van der Waals surface area contributed by atoms with E-state index in [-0.39, 0.29) is 5.41 Å². The number of hydrogen-bond acceptors (Lipinski definition) is 4. The highest BCUT2D eigenvalue weighted by Gasteiger charge is 2.43. The summed E-state index contributed by atoms with van der Waals surface area (Å²) in [7, 11) is 4.27. The Hall–Kier alpha value is -4.18. The van der Waals surface area contributed by atoms with Gasteiger partial charge in [-0.25, -0.2) is 0 Å². The topological polar surface area (TPSA) is 40.6 Å². The number of aldehydes is 2. The standard InChI is InChI=1S/C35H36N2O2/c1-25-5-15-31-32-16-6-26(2)22-34(32)35(33(31)21-25,17-19-36(3)29-11-7-27(23-38)8-12-29)18-20-37(4)30-13-9-28(24-39)10-14-30/h5-16,21-24H,17-20H2,1-4H3. The molecule has 4 aromatic carbocycles. The molecular weight excluding hydrogens is 480 g/mol. The van der Waals surface area contributed by atoms with Gasteiger partial charge in [0.1, 0.15) is 12.6 Å². The molecule has 1 aliphatic carbocycles. The number of carbonyl (C=O) groups excluding carboxylic acids is 2. The van der Waals surface area contributed by atoms with Crippen molar-refractivity contribution in [3.05, 3.63) is 118 Å². The Morgan fingerprint density at radius 2 is 0.974 bits per heavy atom. The zero-order valence-electron chi connectivity index (χ0n) is 23.3. The van der Waals surface area contributed by atoms with Crippen LogP contribution in [0.3, 0.4) is 0 Å². The third-order valence-corrected chi connectivity index (χ3v) is 8.36. The number of fused-ring (bicyclic) bond motifs is 3. The number of hydrogen-bond donors (Lipinski definition) is 0. The lowest BCUT2D eigenvalue weighted by Crippen LogP contribution is -2.35. The summed E-state index contributed by atoms with van der Waals surface area (Å²) in [6.45, 7) is 6.11. The maximum absolute atomic E-state index is 11.1. The minimum Gasteiger partial charge on any atom is -0.375 e. The second-order valence-corrected chi connectivity index (χ2v) is 10.9. The molecule has 4 heteroatoms. The summed E-state index contributed by atoms with van der Waals surface area (Å²) in [5, 5.41) is 0. The summed E-state index contributed by atoms with van der Waals surface area (Å²) in [5.74, 6) is 0. The molecule has 0 amide bonds. The second-order valence-electron chi connectivity index (χ2n) is 10.9. The molecule has 0 fully saturated rings. The maximum Gasteiger partial charge on any atom is 0.150 e. The molecule has 0 radical (unpaired) electrons. The van der Waals surface area contributed by atoms with Gasteiger partial charge in [-0.3, -0.25) is 9.59 Å². The number of benzene rings is 4. The summed E-state index contributed by atoms with van der Waals surface area (Å²) < 4.78 is 0. The Kier molecular flexibility index (Phi) is 7.38. The summed E-state index contributed by atoms with van der Waals surface area (Å²) >= 11 is 0. The van der Waals surface area contributed by atoms with E-state index in [2.05, 4.69) is 74.1 Å². The van der Waals surface area contributed by atoms with Crippen LogP contribution >= 0.6 is 0 Å². The predicted molar refractivity (Wildman–Crippen MR) is 162 cm³/mol. The zero-order valence-corrected chi connectivity index (χ0v) is 23.3. The van der Waals surface area contributed by atoms with Crippen LogP contribution in [0.5, 0.6) is 0 Å². The smallest absolute Gasteiger partial charge is 0.150 e. The first-order valence-corrected chi connectivity index (χ1v) is 13.6. The minimum absolute atomic E-state index is 0.142. The van der Waals surface area contributed by atoms with Crippen molar-refractivity contribution in [1.29, 1.82) is 0 Å². The Bertz CT molecular complexity index is 1370. The highest BCUT2D eigenvalue weighted by molar-refractivity contribution is 5.82. The number of nitrogens with zero attached hydrogens (tertiary/aromatic N) is 2. The van der Waals surface area contributed by atoms with Crippen molar-refractivity contribution in [2.45, 2.75) is 32.1 Å². The minimum atomic E-state index is -0.142. The summed E-state index contributed by atoms with van der Waals surface area (Å²) in [4.78, 5) is 26.9. The van der Waals surface area contributed by atoms with Crippen LogP contribution in [0.1, 0.15) is 55.8 Å². The third-order valence-electron chi connectivity index (χ3n) is 8.36. The van der Waals surface area contributed by atoms with Crippen LogP contribution in [0.25, 0.3) is 11.1 Å². The lowest BCUT2D eigenvalue weighted by Gasteiger charge is -2.36. The maximum atomic E-state index is 11.1. The van der Waals surface area contributed by atoms with E-state index in [9.17, 15) is 9.59 Å². The molecule has 0 spiro atoms. The highest BCUT2D eigenvalue weighted by atomic mass is 16.1. The molecule has 198 valence electrons. The largest absolute Gasteiger partial charge is 0.375 e. The molecule has 4 nitrogen and oxygen atoms in total. The molecule has 39 heavy (non-hydrogen) atoms. The van der Waals surface area contributed by atoms with Crippen LogP contribution < -0.4 is 9.80 Å². The van der Waals surface area contributed by atoms with E-state index in [1.165, 1.54) is 33.4 Å². The molecule has 0 saturated heterocycles. The monoisotopic (exact) mass is 516 g/mol. The quantitative estimate of drug-likeness (QED) is 0.208. The number of aryl methyl sites for hydroxylation is 2. The summed E-state index contributed by atoms with van der Waals surface area (Å²) in [6.07, 6.45) is 3.70. The number of rotatable bonds is 10. The van der Waals surface area contributed by atoms with E-state index in [1.807, 2.05) is 48.5 Å². The second kappa shape index (κ2) is 10.9. The first kappa shape index (κ1) is 26.4. The average Bonchev–Trinajstić information content (AvgIpc) is 3.22. The van der Waals surface area contributed by atoms with Crippen LogP contribution in [-0.4, -0.2) is 39.8 Å². The van der Waals surface area contributed by atoms with Gasteiger partial charge < -0.3 is 9.80 Å². The van der Waals surface area contributed by atoms with Crippen LogP contribution in [-0.2, 0) is 5.41 Å². The molecule has 0 unspecified atom stereocenters. The van der Waals surface area contributed by atoms with E-state index in [4.69, 9.17) is 0 Å². The highest BCUT2D eigenvalue weighted by Crippen LogP contribution is 2.53. The Balaban J connectivity index is 1.51. The van der Waals surface area contributed by atoms with Crippen molar-refractivity contribution in [1.82, 2.24) is 0 Å². The lowest BCUT2D eigenvalue weighted by atomic mass is 9.72. The molecule has 4 aromatic rings. The van der Waals surface area contributed by atoms with Crippen molar-refractivity contribution in [3.63, 3.8) is 0 Å². The van der Waals surface area contributed by atoms with Crippen LogP contribution in [0.2, 0.25) is 0 Å². The van der Waals surface area contributed by atoms with E-state index in [0.717, 1.165) is 49.9 Å². The number of anilines is 2. The molecular formula is C35H36N2O2. The van der Waals surface area contributed by atoms with Gasteiger partial charge in [0, 0.05) is 55.1 Å². The molecule has 0 saturated carbocycles. The normalized spacial score (nSPS) is 12.9. The first-order chi connectivity index (χ1) is 18.8. The molecule has 0 atom stereocenters. The molecule has 1 aliphatic rings. The van der Waals surface area contributed by atoms with E-state index in [0.29, 0.717) is 11.1 Å². The van der Waals surface area contributed by atoms with Crippen molar-refractivity contribution >= 4 is 23.9 Å². The van der Waals surface area contributed by atoms with Crippen molar-refractivity contribution in [2.24, 2.45) is 0 Å². The fraction of sp³-hybridized carbons (Fsp3) is 0.257. The van der Waals surface area contributed by atoms with Crippen LogP contribution in [0.15, 0.2) is 84.9 Å². The van der Waals surface area contributed by atoms with Gasteiger partial charge in [0.15, 0.2) is 0 Å². The van der Waals surface area contributed by atoms with Gasteiger partial charge in [-0.2, -0.15) is 0 Å². The fourth-order valence-electron chi connectivity index (χ4n) is 5.98. The summed E-state index contributed by atoms with van der Waals surface area (Å²) in [6, 6.07) is 29.4. The number of carbonyl (C=O) groups is 2. The molecule has 0 heterocycles. The molecule has 0 N–H and O–H groups in total. The zero-order chi connectivity index (χ0) is 27.6. The third kappa shape index (κ3) is 5.12. The van der Waals surface area contributed by atoms with Crippen LogP contribution in [0, 0.1) is 13.8 Å². The van der Waals surface area contributed by atoms with Crippen molar-refractivity contribution in [2.75, 3.05) is 37.0 Å². The molecule has 0 aliphatic heterocycles. The molecule has 0 bridgehead atoms. The van der Waals surface area contributed by atoms with E-state index < -0.39 is 0 Å². The van der Waals surface area contributed by atoms with Gasteiger partial charge in [0.05, 0.1) is 0 Å².